The second-order valence-corrected chi connectivity index (χ2v) is 7.14. The van der Waals surface area contributed by atoms with Gasteiger partial charge in [0.25, 0.3) is 0 Å². The average molecular weight is 330 g/mol. The maximum Gasteiger partial charge on any atom is 0.339 e. The first-order valence-electron chi connectivity index (χ1n) is 7.70. The Kier molecular flexibility index (Phi) is 4.22. The normalized spacial score (nSPS) is 13.6. The van der Waals surface area contributed by atoms with Crippen molar-refractivity contribution >= 4 is 15.9 Å². The summed E-state index contributed by atoms with van der Waals surface area (Å²) in [6, 6.07) is 11.5. The number of carbonyl (C=O) groups excluding carboxylic acids is 1. The molecule has 0 aliphatic heterocycles. The predicted molar refractivity (Wildman–Crippen MR) is 87.3 cm³/mol. The smallest absolute Gasteiger partial charge is 0.339 e. The van der Waals surface area contributed by atoms with E-state index in [0.717, 1.165) is 24.8 Å². The van der Waals surface area contributed by atoms with Crippen molar-refractivity contribution in [1.29, 1.82) is 0 Å². The lowest BCUT2D eigenvalue weighted by molar-refractivity contribution is 0.0986. The molecule has 2 aromatic carbocycles. The lowest BCUT2D eigenvalue weighted by Gasteiger charge is -2.11. The van der Waals surface area contributed by atoms with E-state index in [1.165, 1.54) is 11.6 Å². The van der Waals surface area contributed by atoms with Crippen molar-refractivity contribution in [2.75, 3.05) is 0 Å². The maximum atomic E-state index is 12.5. The van der Waals surface area contributed by atoms with Crippen molar-refractivity contribution in [3.05, 3.63) is 59.2 Å². The molecule has 0 aromatic heterocycles. The topological polar surface area (TPSA) is 60.4 Å². The third-order valence-electron chi connectivity index (χ3n) is 4.07. The van der Waals surface area contributed by atoms with Crippen LogP contribution in [0.1, 0.15) is 41.3 Å². The van der Waals surface area contributed by atoms with Gasteiger partial charge in [0.2, 0.25) is 0 Å². The van der Waals surface area contributed by atoms with Crippen LogP contribution in [-0.2, 0) is 23.0 Å². The molecule has 0 amide bonds. The summed E-state index contributed by atoms with van der Waals surface area (Å²) in [5.41, 5.74) is 2.55. The molecular formula is C18H18O4S. The Hall–Kier alpha value is -2.14. The van der Waals surface area contributed by atoms with E-state index < -0.39 is 10.1 Å². The number of para-hydroxylation sites is 1. The number of hydrogen-bond acceptors (Lipinski definition) is 4. The fourth-order valence-electron chi connectivity index (χ4n) is 2.83. The van der Waals surface area contributed by atoms with E-state index in [4.69, 9.17) is 4.18 Å². The van der Waals surface area contributed by atoms with Gasteiger partial charge in [0.05, 0.1) is 5.56 Å². The van der Waals surface area contributed by atoms with Gasteiger partial charge in [-0.15, -0.1) is 0 Å². The fraction of sp³-hybridized carbons (Fsp3) is 0.278. The Labute approximate surface area is 136 Å². The minimum Gasteiger partial charge on any atom is -0.378 e. The van der Waals surface area contributed by atoms with Crippen molar-refractivity contribution in [3.63, 3.8) is 0 Å². The van der Waals surface area contributed by atoms with Gasteiger partial charge in [-0.2, -0.15) is 8.42 Å². The molecule has 0 N–H and O–H groups in total. The largest absolute Gasteiger partial charge is 0.378 e. The molecule has 0 fully saturated rings. The highest BCUT2D eigenvalue weighted by Crippen LogP contribution is 2.28. The summed E-state index contributed by atoms with van der Waals surface area (Å²) in [6.07, 6.45) is 3.22. The maximum absolute atomic E-state index is 12.5. The van der Waals surface area contributed by atoms with Crippen LogP contribution >= 0.6 is 0 Å². The number of ketones is 1. The van der Waals surface area contributed by atoms with Crippen molar-refractivity contribution in [2.45, 2.75) is 37.5 Å². The zero-order valence-corrected chi connectivity index (χ0v) is 13.7. The highest BCUT2D eigenvalue weighted by atomic mass is 32.2. The Morgan fingerprint density at radius 2 is 1.83 bits per heavy atom. The minimum absolute atomic E-state index is 0.0832. The monoisotopic (exact) mass is 330 g/mol. The van der Waals surface area contributed by atoms with Gasteiger partial charge >= 0.3 is 10.1 Å². The van der Waals surface area contributed by atoms with Gasteiger partial charge in [0.1, 0.15) is 4.90 Å². The van der Waals surface area contributed by atoms with Gasteiger partial charge in [-0.1, -0.05) is 25.1 Å². The highest BCUT2D eigenvalue weighted by Gasteiger charge is 2.22. The van der Waals surface area contributed by atoms with Crippen molar-refractivity contribution in [3.8, 4) is 5.75 Å². The number of rotatable bonds is 5. The van der Waals surface area contributed by atoms with Crippen LogP contribution in [-0.4, -0.2) is 14.2 Å². The molecule has 120 valence electrons. The molecule has 0 saturated heterocycles. The fourth-order valence-corrected chi connectivity index (χ4v) is 3.83. The SMILES string of the molecule is CCC(=O)c1ccccc1OS(=O)(=O)c1ccc2c(c1)CCC2. The summed E-state index contributed by atoms with van der Waals surface area (Å²) in [4.78, 5) is 12.1. The zero-order chi connectivity index (χ0) is 16.4. The molecule has 0 saturated carbocycles. The van der Waals surface area contributed by atoms with Gasteiger partial charge in [-0.05, 0) is 54.7 Å². The van der Waals surface area contributed by atoms with Crippen LogP contribution in [0, 0.1) is 0 Å². The zero-order valence-electron chi connectivity index (χ0n) is 12.9. The van der Waals surface area contributed by atoms with E-state index in [0.29, 0.717) is 12.0 Å². The molecule has 0 bridgehead atoms. The summed E-state index contributed by atoms with van der Waals surface area (Å²) in [6.45, 7) is 1.73. The molecule has 4 nitrogen and oxygen atoms in total. The molecule has 5 heteroatoms. The predicted octanol–water partition coefficient (Wildman–Crippen LogP) is 3.54. The van der Waals surface area contributed by atoms with Crippen molar-refractivity contribution in [1.82, 2.24) is 0 Å². The van der Waals surface area contributed by atoms with Crippen LogP contribution in [0.4, 0.5) is 0 Å². The van der Waals surface area contributed by atoms with E-state index in [1.807, 2.05) is 6.07 Å². The van der Waals surface area contributed by atoms with Crippen LogP contribution in [0.2, 0.25) is 0 Å². The second kappa shape index (κ2) is 6.16. The Morgan fingerprint density at radius 3 is 2.61 bits per heavy atom. The first-order chi connectivity index (χ1) is 11.0. The first kappa shape index (κ1) is 15.7. The average Bonchev–Trinajstić information content (AvgIpc) is 3.02. The van der Waals surface area contributed by atoms with Gasteiger partial charge in [0.15, 0.2) is 11.5 Å². The number of Topliss-reactive ketones (excluding diaryl/α,β-unsaturated/α-hetero) is 1. The molecule has 0 atom stereocenters. The lowest BCUT2D eigenvalue weighted by Crippen LogP contribution is -2.12. The molecule has 0 radical (unpaired) electrons. The first-order valence-corrected chi connectivity index (χ1v) is 9.10. The summed E-state index contributed by atoms with van der Waals surface area (Å²) < 4.78 is 30.3. The van der Waals surface area contributed by atoms with Gasteiger partial charge in [-0.3, -0.25) is 4.79 Å². The Bertz CT molecular complexity index is 853. The van der Waals surface area contributed by atoms with E-state index >= 15 is 0 Å². The standard InChI is InChI=1S/C18H18O4S/c1-2-17(19)16-8-3-4-9-18(16)22-23(20,21)15-11-10-13-6-5-7-14(13)12-15/h3-4,8-12H,2,5-7H2,1H3. The molecule has 0 spiro atoms. The lowest BCUT2D eigenvalue weighted by atomic mass is 10.1. The summed E-state index contributed by atoms with van der Waals surface area (Å²) >= 11 is 0. The van der Waals surface area contributed by atoms with Gasteiger partial charge in [-0.25, -0.2) is 0 Å². The van der Waals surface area contributed by atoms with Crippen LogP contribution in [0.5, 0.6) is 5.75 Å². The second-order valence-electron chi connectivity index (χ2n) is 5.59. The van der Waals surface area contributed by atoms with E-state index in [2.05, 4.69) is 0 Å². The van der Waals surface area contributed by atoms with Crippen molar-refractivity contribution in [2.24, 2.45) is 0 Å². The Balaban J connectivity index is 1.95. The molecule has 1 aliphatic rings. The molecule has 3 rings (SSSR count). The van der Waals surface area contributed by atoms with Gasteiger partial charge < -0.3 is 4.18 Å². The van der Waals surface area contributed by atoms with Crippen LogP contribution in [0.25, 0.3) is 0 Å². The Morgan fingerprint density at radius 1 is 1.09 bits per heavy atom. The van der Waals surface area contributed by atoms with E-state index in [1.54, 1.807) is 37.3 Å². The number of benzene rings is 2. The molecular weight excluding hydrogens is 312 g/mol. The number of hydrogen-bond donors (Lipinski definition) is 0. The van der Waals surface area contributed by atoms with E-state index in [9.17, 15) is 13.2 Å². The number of carbonyl (C=O) groups is 1. The molecule has 0 unspecified atom stereocenters. The van der Waals surface area contributed by atoms with Crippen LogP contribution in [0.15, 0.2) is 47.4 Å². The summed E-state index contributed by atoms with van der Waals surface area (Å²) in [7, 11) is -3.95. The molecule has 1 aliphatic carbocycles. The third kappa shape index (κ3) is 3.15. The number of fused-ring (bicyclic) bond motifs is 1. The highest BCUT2D eigenvalue weighted by molar-refractivity contribution is 7.87. The minimum atomic E-state index is -3.95. The van der Waals surface area contributed by atoms with E-state index in [-0.39, 0.29) is 16.4 Å². The molecule has 23 heavy (non-hydrogen) atoms. The van der Waals surface area contributed by atoms with Crippen molar-refractivity contribution < 1.29 is 17.4 Å². The summed E-state index contributed by atoms with van der Waals surface area (Å²) in [5.74, 6) is -0.0652. The van der Waals surface area contributed by atoms with Crippen LogP contribution < -0.4 is 4.18 Å². The summed E-state index contributed by atoms with van der Waals surface area (Å²) in [5, 5.41) is 0. The molecule has 2 aromatic rings. The number of aryl methyl sites for hydroxylation is 2. The molecule has 0 heterocycles. The third-order valence-corrected chi connectivity index (χ3v) is 5.30. The van der Waals surface area contributed by atoms with Crippen LogP contribution in [0.3, 0.4) is 0 Å². The van der Waals surface area contributed by atoms with Gasteiger partial charge in [0, 0.05) is 6.42 Å². The quantitative estimate of drug-likeness (QED) is 0.621.